The van der Waals surface area contributed by atoms with Gasteiger partial charge in [-0.1, -0.05) is 6.07 Å². The van der Waals surface area contributed by atoms with Crippen molar-refractivity contribution in [3.05, 3.63) is 35.8 Å². The first-order valence-corrected chi connectivity index (χ1v) is 8.70. The normalized spacial score (nSPS) is 15.5. The van der Waals surface area contributed by atoms with Gasteiger partial charge in [0.15, 0.2) is 5.82 Å². The maximum atomic E-state index is 12.1. The highest BCUT2D eigenvalue weighted by atomic mass is 16.1. The third kappa shape index (κ3) is 3.73. The number of pyridine rings is 1. The molecule has 0 aliphatic carbocycles. The van der Waals surface area contributed by atoms with Crippen LogP contribution < -0.4 is 0 Å². The zero-order chi connectivity index (χ0) is 17.1. The smallest absolute Gasteiger partial charge is 0.159 e. The van der Waals surface area contributed by atoms with E-state index in [0.717, 1.165) is 55.4 Å². The molecule has 0 unspecified atom stereocenters. The summed E-state index contributed by atoms with van der Waals surface area (Å²) >= 11 is 0. The fraction of sp³-hybridized carbons (Fsp3) is 0.526. The van der Waals surface area contributed by atoms with Gasteiger partial charge in [0.05, 0.1) is 5.69 Å². The van der Waals surface area contributed by atoms with E-state index in [1.807, 2.05) is 25.1 Å². The standard InChI is InChI=1S/C19H26N4O/c1-14-15(2)23(19(21-14)18-8-4-5-9-20-18)10-6-7-17(24)11-16-12-22(3)13-16/h4-5,8-9,16H,6-7,10-13H2,1-3H3. The fourth-order valence-electron chi connectivity index (χ4n) is 3.43. The molecule has 0 saturated carbocycles. The van der Waals surface area contributed by atoms with Crippen molar-refractivity contribution >= 4 is 5.78 Å². The summed E-state index contributed by atoms with van der Waals surface area (Å²) in [5.74, 6) is 1.87. The second-order valence-corrected chi connectivity index (χ2v) is 6.91. The number of imidazole rings is 1. The summed E-state index contributed by atoms with van der Waals surface area (Å²) in [6.07, 6.45) is 4.04. The van der Waals surface area contributed by atoms with Gasteiger partial charge < -0.3 is 9.47 Å². The van der Waals surface area contributed by atoms with Crippen molar-refractivity contribution in [1.29, 1.82) is 0 Å². The molecule has 5 nitrogen and oxygen atoms in total. The summed E-state index contributed by atoms with van der Waals surface area (Å²) in [4.78, 5) is 23.5. The Morgan fingerprint density at radius 1 is 1.29 bits per heavy atom. The number of hydrogen-bond acceptors (Lipinski definition) is 4. The van der Waals surface area contributed by atoms with Gasteiger partial charge in [-0.3, -0.25) is 9.78 Å². The molecule has 0 amide bonds. The molecule has 128 valence electrons. The molecule has 0 aromatic carbocycles. The van der Waals surface area contributed by atoms with Crippen LogP contribution in [0, 0.1) is 19.8 Å². The van der Waals surface area contributed by atoms with Gasteiger partial charge in [-0.05, 0) is 45.4 Å². The number of rotatable bonds is 7. The summed E-state index contributed by atoms with van der Waals surface area (Å²) < 4.78 is 2.20. The van der Waals surface area contributed by atoms with E-state index in [0.29, 0.717) is 18.1 Å². The average Bonchev–Trinajstić information content (AvgIpc) is 2.83. The Hall–Kier alpha value is -2.01. The predicted octanol–water partition coefficient (Wildman–Crippen LogP) is 2.86. The van der Waals surface area contributed by atoms with E-state index in [1.54, 1.807) is 6.20 Å². The van der Waals surface area contributed by atoms with Gasteiger partial charge in [0.2, 0.25) is 0 Å². The molecule has 0 radical (unpaired) electrons. The van der Waals surface area contributed by atoms with E-state index in [9.17, 15) is 4.79 Å². The summed E-state index contributed by atoms with van der Waals surface area (Å²) in [6, 6.07) is 5.87. The van der Waals surface area contributed by atoms with Gasteiger partial charge in [-0.25, -0.2) is 4.98 Å². The Balaban J connectivity index is 1.60. The zero-order valence-corrected chi connectivity index (χ0v) is 14.8. The third-order valence-electron chi connectivity index (χ3n) is 4.85. The van der Waals surface area contributed by atoms with Crippen LogP contribution in [-0.4, -0.2) is 45.4 Å². The Morgan fingerprint density at radius 2 is 2.08 bits per heavy atom. The lowest BCUT2D eigenvalue weighted by molar-refractivity contribution is -0.121. The number of carbonyl (C=O) groups excluding carboxylic acids is 1. The third-order valence-corrected chi connectivity index (χ3v) is 4.85. The Labute approximate surface area is 143 Å². The van der Waals surface area contributed by atoms with Crippen LogP contribution in [0.2, 0.25) is 0 Å². The Morgan fingerprint density at radius 3 is 2.75 bits per heavy atom. The highest BCUT2D eigenvalue weighted by Gasteiger charge is 2.25. The lowest BCUT2D eigenvalue weighted by Gasteiger charge is -2.35. The van der Waals surface area contributed by atoms with E-state index in [1.165, 1.54) is 0 Å². The van der Waals surface area contributed by atoms with Crippen molar-refractivity contribution in [2.45, 2.75) is 39.7 Å². The van der Waals surface area contributed by atoms with Crippen LogP contribution >= 0.6 is 0 Å². The van der Waals surface area contributed by atoms with Crippen LogP contribution in [0.15, 0.2) is 24.4 Å². The van der Waals surface area contributed by atoms with E-state index in [4.69, 9.17) is 0 Å². The molecule has 0 N–H and O–H groups in total. The number of Topliss-reactive ketones (excluding diaryl/α,β-unsaturated/α-hetero) is 1. The largest absolute Gasteiger partial charge is 0.327 e. The second-order valence-electron chi connectivity index (χ2n) is 6.91. The zero-order valence-electron chi connectivity index (χ0n) is 14.8. The molecular formula is C19H26N4O. The first kappa shape index (κ1) is 16.8. The fourth-order valence-corrected chi connectivity index (χ4v) is 3.43. The van der Waals surface area contributed by atoms with E-state index in [2.05, 4.69) is 33.4 Å². The van der Waals surface area contributed by atoms with E-state index < -0.39 is 0 Å². The minimum Gasteiger partial charge on any atom is -0.327 e. The molecule has 0 bridgehead atoms. The van der Waals surface area contributed by atoms with E-state index in [-0.39, 0.29) is 0 Å². The van der Waals surface area contributed by atoms with Gasteiger partial charge in [0.1, 0.15) is 11.5 Å². The van der Waals surface area contributed by atoms with Crippen LogP contribution in [0.5, 0.6) is 0 Å². The minimum absolute atomic E-state index is 0.391. The average molecular weight is 326 g/mol. The van der Waals surface area contributed by atoms with Crippen LogP contribution in [0.4, 0.5) is 0 Å². The van der Waals surface area contributed by atoms with E-state index >= 15 is 0 Å². The van der Waals surface area contributed by atoms with Crippen molar-refractivity contribution in [3.63, 3.8) is 0 Å². The van der Waals surface area contributed by atoms with Gasteiger partial charge in [0, 0.05) is 44.4 Å². The molecule has 2 aromatic heterocycles. The number of aryl methyl sites for hydroxylation is 1. The van der Waals surface area contributed by atoms with Gasteiger partial charge in [-0.15, -0.1) is 0 Å². The molecule has 0 atom stereocenters. The minimum atomic E-state index is 0.391. The Bertz CT molecular complexity index is 702. The molecule has 1 fully saturated rings. The summed E-state index contributed by atoms with van der Waals surface area (Å²) in [5, 5.41) is 0. The maximum absolute atomic E-state index is 12.1. The van der Waals surface area contributed by atoms with Crippen LogP contribution in [-0.2, 0) is 11.3 Å². The molecule has 1 aliphatic heterocycles. The molecule has 1 aliphatic rings. The number of aromatic nitrogens is 3. The summed E-state index contributed by atoms with van der Waals surface area (Å²) in [7, 11) is 2.10. The number of hydrogen-bond donors (Lipinski definition) is 0. The van der Waals surface area contributed by atoms with Gasteiger partial charge in [-0.2, -0.15) is 0 Å². The number of nitrogens with zero attached hydrogens (tertiary/aromatic N) is 4. The number of carbonyl (C=O) groups is 1. The van der Waals surface area contributed by atoms with Gasteiger partial charge >= 0.3 is 0 Å². The molecule has 2 aromatic rings. The van der Waals surface area contributed by atoms with Crippen molar-refractivity contribution < 1.29 is 4.79 Å². The van der Waals surface area contributed by atoms with Crippen molar-refractivity contribution in [1.82, 2.24) is 19.4 Å². The van der Waals surface area contributed by atoms with Crippen LogP contribution in [0.3, 0.4) is 0 Å². The van der Waals surface area contributed by atoms with Crippen LogP contribution in [0.1, 0.15) is 30.7 Å². The topological polar surface area (TPSA) is 51.0 Å². The first-order valence-electron chi connectivity index (χ1n) is 8.70. The second kappa shape index (κ2) is 7.26. The van der Waals surface area contributed by atoms with Crippen molar-refractivity contribution in [2.24, 2.45) is 5.92 Å². The van der Waals surface area contributed by atoms with Crippen molar-refractivity contribution in [2.75, 3.05) is 20.1 Å². The van der Waals surface area contributed by atoms with Gasteiger partial charge in [0.25, 0.3) is 0 Å². The number of ketones is 1. The lowest BCUT2D eigenvalue weighted by atomic mass is 9.93. The quantitative estimate of drug-likeness (QED) is 0.785. The Kier molecular flexibility index (Phi) is 5.09. The SMILES string of the molecule is Cc1nc(-c2ccccn2)n(CCCC(=O)CC2CN(C)C2)c1C. The molecule has 3 heterocycles. The maximum Gasteiger partial charge on any atom is 0.159 e. The molecule has 3 rings (SSSR count). The molecule has 1 saturated heterocycles. The molecular weight excluding hydrogens is 300 g/mol. The summed E-state index contributed by atoms with van der Waals surface area (Å²) in [6.45, 7) is 7.05. The number of likely N-dealkylation sites (tertiary alicyclic amines) is 1. The summed E-state index contributed by atoms with van der Waals surface area (Å²) in [5.41, 5.74) is 3.07. The lowest BCUT2D eigenvalue weighted by Crippen LogP contribution is -2.44. The van der Waals surface area contributed by atoms with Crippen molar-refractivity contribution in [3.8, 4) is 11.5 Å². The highest BCUT2D eigenvalue weighted by molar-refractivity contribution is 5.78. The van der Waals surface area contributed by atoms with Crippen LogP contribution in [0.25, 0.3) is 11.5 Å². The predicted molar refractivity (Wildman–Crippen MR) is 94.8 cm³/mol. The highest BCUT2D eigenvalue weighted by Crippen LogP contribution is 2.22. The first-order chi connectivity index (χ1) is 11.5. The molecule has 0 spiro atoms. The monoisotopic (exact) mass is 326 g/mol. The molecule has 24 heavy (non-hydrogen) atoms. The molecule has 5 heteroatoms.